The summed E-state index contributed by atoms with van der Waals surface area (Å²) in [6.07, 6.45) is 1.21. The van der Waals surface area contributed by atoms with Crippen LogP contribution in [0.15, 0.2) is 35.2 Å². The van der Waals surface area contributed by atoms with Crippen LogP contribution < -0.4 is 4.90 Å². The van der Waals surface area contributed by atoms with E-state index in [-0.39, 0.29) is 15.5 Å². The van der Waals surface area contributed by atoms with Crippen LogP contribution in [0.25, 0.3) is 0 Å². The van der Waals surface area contributed by atoms with Gasteiger partial charge in [0.2, 0.25) is 10.0 Å². The molecule has 1 heterocycles. The molecule has 0 spiro atoms. The fourth-order valence-electron chi connectivity index (χ4n) is 3.49. The van der Waals surface area contributed by atoms with Crippen molar-refractivity contribution in [1.82, 2.24) is 4.31 Å². The molecule has 0 aliphatic carbocycles. The van der Waals surface area contributed by atoms with Gasteiger partial charge >= 0.3 is 0 Å². The van der Waals surface area contributed by atoms with Gasteiger partial charge in [0.15, 0.2) is 11.6 Å². The second kappa shape index (κ2) is 8.38. The highest BCUT2D eigenvalue weighted by molar-refractivity contribution is 7.89. The highest BCUT2D eigenvalue weighted by Crippen LogP contribution is 2.33. The third-order valence-corrected chi connectivity index (χ3v) is 7.36. The van der Waals surface area contributed by atoms with E-state index in [1.54, 1.807) is 26.0 Å². The van der Waals surface area contributed by atoms with Crippen molar-refractivity contribution in [3.63, 3.8) is 0 Å². The number of rotatable bonds is 5. The van der Waals surface area contributed by atoms with Crippen molar-refractivity contribution in [2.24, 2.45) is 0 Å². The Morgan fingerprint density at radius 1 is 1.14 bits per heavy atom. The molecule has 2 aromatic rings. The minimum Gasteiger partial charge on any atom is -0.308 e. The van der Waals surface area contributed by atoms with Gasteiger partial charge in [-0.2, -0.15) is 4.31 Å². The number of halogens is 3. The third-order valence-electron chi connectivity index (χ3n) is 5.00. The molecule has 5 nitrogen and oxygen atoms in total. The summed E-state index contributed by atoms with van der Waals surface area (Å²) in [6, 6.07) is 6.18. The summed E-state index contributed by atoms with van der Waals surface area (Å²) in [5.41, 5.74) is 1.11. The van der Waals surface area contributed by atoms with Crippen LogP contribution in [-0.2, 0) is 16.4 Å². The average Bonchev–Trinajstić information content (AvgIpc) is 2.70. The molecule has 0 aromatic heterocycles. The largest absolute Gasteiger partial charge is 0.308 e. The van der Waals surface area contributed by atoms with E-state index in [1.807, 2.05) is 0 Å². The molecule has 0 saturated carbocycles. The molecule has 0 saturated heterocycles. The molecule has 29 heavy (non-hydrogen) atoms. The van der Waals surface area contributed by atoms with Crippen molar-refractivity contribution in [3.05, 3.63) is 58.1 Å². The number of anilines is 1. The zero-order valence-corrected chi connectivity index (χ0v) is 17.7. The lowest BCUT2D eigenvalue weighted by molar-refractivity contribution is 0.0984. The van der Waals surface area contributed by atoms with Gasteiger partial charge in [0.25, 0.3) is 5.91 Å². The topological polar surface area (TPSA) is 57.7 Å². The molecule has 0 unspecified atom stereocenters. The Balaban J connectivity index is 2.00. The molecule has 1 amide bonds. The summed E-state index contributed by atoms with van der Waals surface area (Å²) in [7, 11) is -3.62. The number of benzene rings is 2. The monoisotopic (exact) mass is 442 g/mol. The number of hydrogen-bond acceptors (Lipinski definition) is 3. The van der Waals surface area contributed by atoms with Crippen LogP contribution in [0.2, 0.25) is 5.02 Å². The number of carbonyl (C=O) groups excluding carboxylic acids is 1. The normalized spacial score (nSPS) is 14.2. The SMILES string of the molecule is CCN(CC)S(=O)(=O)c1ccc2c(c1)CCCN2C(=O)c1cc(F)c(F)cc1Cl. The third kappa shape index (κ3) is 4.01. The Labute approximate surface area is 173 Å². The van der Waals surface area contributed by atoms with E-state index in [2.05, 4.69) is 0 Å². The van der Waals surface area contributed by atoms with Crippen molar-refractivity contribution >= 4 is 33.2 Å². The maximum Gasteiger partial charge on any atom is 0.259 e. The van der Waals surface area contributed by atoms with Crippen molar-refractivity contribution < 1.29 is 22.0 Å². The minimum atomic E-state index is -3.62. The van der Waals surface area contributed by atoms with E-state index in [1.165, 1.54) is 15.3 Å². The number of nitrogens with zero attached hydrogens (tertiary/aromatic N) is 2. The number of hydrogen-bond donors (Lipinski definition) is 0. The molecular weight excluding hydrogens is 422 g/mol. The first-order chi connectivity index (χ1) is 13.7. The fourth-order valence-corrected chi connectivity index (χ4v) is 5.23. The van der Waals surface area contributed by atoms with Crippen molar-refractivity contribution in [2.75, 3.05) is 24.5 Å². The standard InChI is InChI=1S/C20H21ClF2N2O3S/c1-3-24(4-2)29(27,28)14-7-8-19-13(10-14)6-5-9-25(19)20(26)15-11-17(22)18(23)12-16(15)21/h7-8,10-12H,3-6,9H2,1-2H3. The Kier molecular flexibility index (Phi) is 6.26. The smallest absolute Gasteiger partial charge is 0.259 e. The highest BCUT2D eigenvalue weighted by atomic mass is 35.5. The summed E-state index contributed by atoms with van der Waals surface area (Å²) in [4.78, 5) is 14.5. The second-order valence-electron chi connectivity index (χ2n) is 6.69. The minimum absolute atomic E-state index is 0.141. The molecule has 1 aliphatic rings. The summed E-state index contributed by atoms with van der Waals surface area (Å²) in [5.74, 6) is -2.85. The van der Waals surface area contributed by atoms with Gasteiger partial charge in [-0.05, 0) is 48.7 Å². The maximum absolute atomic E-state index is 13.6. The lowest BCUT2D eigenvalue weighted by Crippen LogP contribution is -2.36. The summed E-state index contributed by atoms with van der Waals surface area (Å²) in [6.45, 7) is 4.62. The van der Waals surface area contributed by atoms with E-state index in [0.717, 1.165) is 12.1 Å². The van der Waals surface area contributed by atoms with Crippen LogP contribution in [0.4, 0.5) is 14.5 Å². The van der Waals surface area contributed by atoms with Gasteiger partial charge in [-0.1, -0.05) is 25.4 Å². The number of fused-ring (bicyclic) bond motifs is 1. The first-order valence-corrected chi connectivity index (χ1v) is 11.1. The molecule has 0 N–H and O–H groups in total. The van der Waals surface area contributed by atoms with Crippen LogP contribution in [0.1, 0.15) is 36.2 Å². The lowest BCUT2D eigenvalue weighted by Gasteiger charge is -2.30. The number of amides is 1. The second-order valence-corrected chi connectivity index (χ2v) is 9.03. The Morgan fingerprint density at radius 2 is 1.79 bits per heavy atom. The van der Waals surface area contributed by atoms with Gasteiger partial charge in [0, 0.05) is 25.3 Å². The number of carbonyl (C=O) groups is 1. The Bertz CT molecular complexity index is 1060. The molecule has 0 fully saturated rings. The van der Waals surface area contributed by atoms with Gasteiger partial charge in [-0.25, -0.2) is 17.2 Å². The van der Waals surface area contributed by atoms with E-state index < -0.39 is 27.6 Å². The number of aryl methyl sites for hydroxylation is 1. The van der Waals surface area contributed by atoms with Gasteiger partial charge in [0.05, 0.1) is 15.5 Å². The van der Waals surface area contributed by atoms with Gasteiger partial charge in [0.1, 0.15) is 0 Å². The molecule has 3 rings (SSSR count). The predicted octanol–water partition coefficient (Wildman–Crippen LogP) is 4.24. The Morgan fingerprint density at radius 3 is 2.45 bits per heavy atom. The number of sulfonamides is 1. The van der Waals surface area contributed by atoms with E-state index in [0.29, 0.717) is 43.7 Å². The molecular formula is C20H21ClF2N2O3S. The molecule has 0 atom stereocenters. The summed E-state index contributed by atoms with van der Waals surface area (Å²) >= 11 is 5.96. The highest BCUT2D eigenvalue weighted by Gasteiger charge is 2.29. The van der Waals surface area contributed by atoms with Crippen molar-refractivity contribution in [3.8, 4) is 0 Å². The molecule has 9 heteroatoms. The molecule has 0 bridgehead atoms. The fraction of sp³-hybridized carbons (Fsp3) is 0.350. The van der Waals surface area contributed by atoms with Crippen LogP contribution in [-0.4, -0.2) is 38.3 Å². The predicted molar refractivity (Wildman–Crippen MR) is 108 cm³/mol. The zero-order valence-electron chi connectivity index (χ0n) is 16.1. The van der Waals surface area contributed by atoms with Crippen LogP contribution >= 0.6 is 11.6 Å². The molecule has 2 aromatic carbocycles. The average molecular weight is 443 g/mol. The Hall–Kier alpha value is -2.03. The molecule has 156 valence electrons. The first kappa shape index (κ1) is 21.7. The van der Waals surface area contributed by atoms with Crippen LogP contribution in [0.5, 0.6) is 0 Å². The van der Waals surface area contributed by atoms with Gasteiger partial charge in [-0.15, -0.1) is 0 Å². The van der Waals surface area contributed by atoms with Gasteiger partial charge in [-0.3, -0.25) is 4.79 Å². The van der Waals surface area contributed by atoms with Crippen LogP contribution in [0.3, 0.4) is 0 Å². The van der Waals surface area contributed by atoms with E-state index >= 15 is 0 Å². The van der Waals surface area contributed by atoms with Crippen molar-refractivity contribution in [2.45, 2.75) is 31.6 Å². The summed E-state index contributed by atoms with van der Waals surface area (Å²) < 4.78 is 53.9. The summed E-state index contributed by atoms with van der Waals surface area (Å²) in [5, 5.41) is -0.179. The molecule has 1 aliphatic heterocycles. The quantitative estimate of drug-likeness (QED) is 0.651. The lowest BCUT2D eigenvalue weighted by atomic mass is 10.0. The van der Waals surface area contributed by atoms with E-state index in [9.17, 15) is 22.0 Å². The van der Waals surface area contributed by atoms with Gasteiger partial charge < -0.3 is 4.90 Å². The van der Waals surface area contributed by atoms with Crippen LogP contribution in [0, 0.1) is 11.6 Å². The molecule has 0 radical (unpaired) electrons. The zero-order chi connectivity index (χ0) is 21.3. The van der Waals surface area contributed by atoms with E-state index in [4.69, 9.17) is 11.6 Å². The maximum atomic E-state index is 13.6. The first-order valence-electron chi connectivity index (χ1n) is 9.30. The van der Waals surface area contributed by atoms with Crippen molar-refractivity contribution in [1.29, 1.82) is 0 Å².